The van der Waals surface area contributed by atoms with Crippen LogP contribution in [0.4, 0.5) is 0 Å². The van der Waals surface area contributed by atoms with E-state index in [1.165, 1.54) is 0 Å². The molecule has 0 bridgehead atoms. The van der Waals surface area contributed by atoms with Crippen LogP contribution >= 0.6 is 24.0 Å². The van der Waals surface area contributed by atoms with Crippen molar-refractivity contribution in [1.29, 1.82) is 0 Å². The molecule has 2 N–H and O–H groups in total. The number of aryl methyl sites for hydroxylation is 2. The quantitative estimate of drug-likeness (QED) is 0.383. The predicted octanol–water partition coefficient (Wildman–Crippen LogP) is 1.85. The van der Waals surface area contributed by atoms with Crippen molar-refractivity contribution in [3.05, 3.63) is 11.6 Å². The fraction of sp³-hybridized carbons (Fsp3) is 0.778. The minimum Gasteiger partial charge on any atom is -0.355 e. The third-order valence-electron chi connectivity index (χ3n) is 5.53. The van der Waals surface area contributed by atoms with Gasteiger partial charge in [0.25, 0.3) is 0 Å². The highest BCUT2D eigenvalue weighted by atomic mass is 127. The maximum Gasteiger partial charge on any atom is 0.230 e. The van der Waals surface area contributed by atoms with E-state index in [2.05, 4.69) is 25.7 Å². The predicted molar refractivity (Wildman–Crippen MR) is 116 cm³/mol. The van der Waals surface area contributed by atoms with Gasteiger partial charge in [0.2, 0.25) is 5.91 Å². The van der Waals surface area contributed by atoms with Crippen LogP contribution in [0.3, 0.4) is 0 Å². The van der Waals surface area contributed by atoms with Gasteiger partial charge in [-0.15, -0.1) is 24.0 Å². The van der Waals surface area contributed by atoms with Crippen LogP contribution < -0.4 is 10.6 Å². The fourth-order valence-corrected chi connectivity index (χ4v) is 4.21. The highest BCUT2D eigenvalue weighted by molar-refractivity contribution is 14.0. The van der Waals surface area contributed by atoms with Crippen LogP contribution in [-0.4, -0.2) is 59.2 Å². The molecule has 1 saturated carbocycles. The number of hydrogen-bond acceptors (Lipinski definition) is 4. The number of fused-ring (bicyclic) bond motifs is 1. The summed E-state index contributed by atoms with van der Waals surface area (Å²) >= 11 is 0. The molecule has 8 nitrogen and oxygen atoms in total. The molecule has 1 amide bonds. The third-order valence-corrected chi connectivity index (χ3v) is 5.53. The Balaban J connectivity index is 0.00000261. The van der Waals surface area contributed by atoms with Gasteiger partial charge in [0.15, 0.2) is 5.96 Å². The van der Waals surface area contributed by atoms with Crippen molar-refractivity contribution in [2.45, 2.75) is 58.0 Å². The first kappa shape index (κ1) is 21.9. The Morgan fingerprint density at radius 2 is 2.04 bits per heavy atom. The molecule has 0 spiro atoms. The first-order chi connectivity index (χ1) is 12.4. The molecule has 1 atom stereocenters. The summed E-state index contributed by atoms with van der Waals surface area (Å²) < 4.78 is 1.98. The molecule has 1 fully saturated rings. The molecule has 2 aliphatic rings. The minimum absolute atomic E-state index is 0. The summed E-state index contributed by atoms with van der Waals surface area (Å²) in [5, 5.41) is 11.3. The number of amides is 1. The van der Waals surface area contributed by atoms with Crippen molar-refractivity contribution in [2.24, 2.45) is 10.4 Å². The number of rotatable bonds is 4. The number of halogens is 1. The smallest absolute Gasteiger partial charge is 0.230 e. The molecular weight excluding hydrogens is 457 g/mol. The van der Waals surface area contributed by atoms with E-state index in [1.54, 1.807) is 11.9 Å². The van der Waals surface area contributed by atoms with Crippen molar-refractivity contribution in [3.63, 3.8) is 0 Å². The summed E-state index contributed by atoms with van der Waals surface area (Å²) in [4.78, 5) is 23.4. The number of hydrogen-bond donors (Lipinski definition) is 2. The van der Waals surface area contributed by atoms with E-state index in [0.717, 1.165) is 62.7 Å². The van der Waals surface area contributed by atoms with Gasteiger partial charge in [-0.1, -0.05) is 12.8 Å². The van der Waals surface area contributed by atoms with Gasteiger partial charge in [-0.3, -0.25) is 9.79 Å². The molecule has 1 aliphatic carbocycles. The van der Waals surface area contributed by atoms with Gasteiger partial charge in [0.05, 0.1) is 11.5 Å². The van der Waals surface area contributed by atoms with Gasteiger partial charge in [0.1, 0.15) is 11.6 Å². The summed E-state index contributed by atoms with van der Waals surface area (Å²) in [5.41, 5.74) is -0.315. The van der Waals surface area contributed by atoms with Crippen molar-refractivity contribution in [3.8, 4) is 0 Å². The first-order valence-corrected chi connectivity index (χ1v) is 9.55. The molecular formula is C18H32IN7O. The van der Waals surface area contributed by atoms with Crippen LogP contribution in [0, 0.1) is 12.3 Å². The van der Waals surface area contributed by atoms with Crippen LogP contribution in [0.15, 0.2) is 4.99 Å². The largest absolute Gasteiger partial charge is 0.355 e. The van der Waals surface area contributed by atoms with Gasteiger partial charge < -0.3 is 15.5 Å². The summed E-state index contributed by atoms with van der Waals surface area (Å²) in [7, 11) is 5.45. The molecule has 3 rings (SSSR count). The highest BCUT2D eigenvalue weighted by Crippen LogP contribution is 2.39. The zero-order valence-corrected chi connectivity index (χ0v) is 19.1. The summed E-state index contributed by atoms with van der Waals surface area (Å²) in [6.45, 7) is 3.45. The molecule has 0 saturated heterocycles. The summed E-state index contributed by atoms with van der Waals surface area (Å²) in [6, 6.07) is 0.0974. The van der Waals surface area contributed by atoms with Crippen LogP contribution in [0.5, 0.6) is 0 Å². The van der Waals surface area contributed by atoms with Crippen LogP contribution in [0.25, 0.3) is 0 Å². The van der Waals surface area contributed by atoms with Gasteiger partial charge in [-0.05, 0) is 32.6 Å². The van der Waals surface area contributed by atoms with Crippen molar-refractivity contribution >= 4 is 35.8 Å². The maximum atomic E-state index is 12.7. The second-order valence-corrected chi connectivity index (χ2v) is 7.69. The lowest BCUT2D eigenvalue weighted by Crippen LogP contribution is -2.50. The Morgan fingerprint density at radius 1 is 1.33 bits per heavy atom. The molecule has 9 heteroatoms. The average Bonchev–Trinajstić information content (AvgIpc) is 3.24. The van der Waals surface area contributed by atoms with E-state index in [0.29, 0.717) is 6.54 Å². The van der Waals surface area contributed by atoms with Crippen LogP contribution in [0.2, 0.25) is 0 Å². The second-order valence-electron chi connectivity index (χ2n) is 7.69. The number of carbonyl (C=O) groups excluding carboxylic acids is 1. The second kappa shape index (κ2) is 9.20. The SMILES string of the molecule is CN=C(NCC1(C(=O)N(C)C)CCCC1)NC1CCCn2nc(C)nc21.I. The van der Waals surface area contributed by atoms with Crippen LogP contribution in [0.1, 0.15) is 56.2 Å². The fourth-order valence-electron chi connectivity index (χ4n) is 4.21. The number of aromatic nitrogens is 3. The first-order valence-electron chi connectivity index (χ1n) is 9.55. The number of aliphatic imine (C=N–C) groups is 1. The Bertz CT molecular complexity index is 679. The Hall–Kier alpha value is -1.39. The van der Waals surface area contributed by atoms with Gasteiger partial charge in [-0.25, -0.2) is 9.67 Å². The molecule has 1 aromatic rings. The molecule has 1 aliphatic heterocycles. The van der Waals surface area contributed by atoms with Crippen molar-refractivity contribution in [2.75, 3.05) is 27.7 Å². The number of carbonyl (C=O) groups is 1. The van der Waals surface area contributed by atoms with E-state index < -0.39 is 0 Å². The minimum atomic E-state index is -0.315. The highest BCUT2D eigenvalue weighted by Gasteiger charge is 2.42. The van der Waals surface area contributed by atoms with E-state index in [4.69, 9.17) is 0 Å². The molecule has 0 radical (unpaired) electrons. The Labute approximate surface area is 178 Å². The zero-order valence-electron chi connectivity index (χ0n) is 16.8. The molecule has 1 unspecified atom stereocenters. The maximum absolute atomic E-state index is 12.7. The van der Waals surface area contributed by atoms with E-state index in [9.17, 15) is 4.79 Å². The van der Waals surface area contributed by atoms with Gasteiger partial charge in [0, 0.05) is 34.2 Å². The third kappa shape index (κ3) is 4.72. The monoisotopic (exact) mass is 489 g/mol. The molecule has 27 heavy (non-hydrogen) atoms. The lowest BCUT2D eigenvalue weighted by molar-refractivity contribution is -0.138. The normalized spacial score (nSPS) is 21.2. The molecule has 0 aromatic carbocycles. The van der Waals surface area contributed by atoms with Crippen molar-refractivity contribution in [1.82, 2.24) is 30.3 Å². The van der Waals surface area contributed by atoms with E-state index in [1.807, 2.05) is 25.7 Å². The van der Waals surface area contributed by atoms with E-state index in [-0.39, 0.29) is 41.3 Å². The Morgan fingerprint density at radius 3 is 2.67 bits per heavy atom. The topological polar surface area (TPSA) is 87.4 Å². The standard InChI is InChI=1S/C18H31N7O.HI/c1-13-21-15-14(8-7-11-25(15)23-13)22-17(19-2)20-12-18(9-5-6-10-18)16(26)24(3)4;/h14H,5-12H2,1-4H3,(H2,19,20,22);1H. The number of nitrogens with one attached hydrogen (secondary N) is 2. The molecule has 1 aromatic heterocycles. The summed E-state index contributed by atoms with van der Waals surface area (Å²) in [5.74, 6) is 2.71. The van der Waals surface area contributed by atoms with Crippen LogP contribution in [-0.2, 0) is 11.3 Å². The Kier molecular flexibility index (Phi) is 7.47. The molecule has 152 valence electrons. The van der Waals surface area contributed by atoms with E-state index >= 15 is 0 Å². The lowest BCUT2D eigenvalue weighted by Gasteiger charge is -2.32. The van der Waals surface area contributed by atoms with Gasteiger partial charge in [-0.2, -0.15) is 5.10 Å². The number of nitrogens with zero attached hydrogens (tertiary/aromatic N) is 5. The van der Waals surface area contributed by atoms with Crippen molar-refractivity contribution < 1.29 is 4.79 Å². The average molecular weight is 489 g/mol. The lowest BCUT2D eigenvalue weighted by atomic mass is 9.84. The zero-order chi connectivity index (χ0) is 18.7. The summed E-state index contributed by atoms with van der Waals surface area (Å²) in [6.07, 6.45) is 6.15. The molecule has 2 heterocycles. The van der Waals surface area contributed by atoms with Gasteiger partial charge >= 0.3 is 0 Å². The number of guanidine groups is 1.